The third-order valence-corrected chi connectivity index (χ3v) is 5.61. The van der Waals surface area contributed by atoms with E-state index in [1.807, 2.05) is 0 Å². The number of nitrogens with one attached hydrogen (secondary N) is 1. The number of carbonyl (C=O) groups is 4. The molecule has 0 aromatic carbocycles. The van der Waals surface area contributed by atoms with Gasteiger partial charge in [-0.25, -0.2) is 0 Å². The topological polar surface area (TPSA) is 128 Å². The van der Waals surface area contributed by atoms with E-state index in [0.717, 1.165) is 19.3 Å². The Balaban J connectivity index is 4.48. The van der Waals surface area contributed by atoms with Crippen LogP contribution < -0.4 is 5.32 Å². The van der Waals surface area contributed by atoms with E-state index in [4.69, 9.17) is 9.47 Å². The van der Waals surface area contributed by atoms with E-state index in [1.165, 1.54) is 52.6 Å². The first-order valence-electron chi connectivity index (χ1n) is 12.5. The number of aliphatic hydroxyl groups excluding tert-OH is 1. The largest absolute Gasteiger partial charge is 0.469 e. The molecule has 0 aromatic rings. The lowest BCUT2D eigenvalue weighted by Crippen LogP contribution is -2.46. The van der Waals surface area contributed by atoms with Crippen LogP contribution >= 0.6 is 0 Å². The van der Waals surface area contributed by atoms with Crippen molar-refractivity contribution < 1.29 is 38.5 Å². The third-order valence-electron chi connectivity index (χ3n) is 5.61. The van der Waals surface area contributed by atoms with Crippen molar-refractivity contribution in [1.29, 1.82) is 0 Å². The van der Waals surface area contributed by atoms with Crippen LogP contribution in [0.1, 0.15) is 98.3 Å². The maximum atomic E-state index is 12.5. The summed E-state index contributed by atoms with van der Waals surface area (Å²) in [7, 11) is 1.21. The van der Waals surface area contributed by atoms with Gasteiger partial charge in [-0.3, -0.25) is 19.2 Å². The van der Waals surface area contributed by atoms with Crippen molar-refractivity contribution in [3.63, 3.8) is 0 Å². The van der Waals surface area contributed by atoms with Gasteiger partial charge in [0, 0.05) is 19.9 Å². The van der Waals surface area contributed by atoms with E-state index in [9.17, 15) is 24.3 Å². The molecule has 2 N–H and O–H groups in total. The molecule has 0 rings (SSSR count). The van der Waals surface area contributed by atoms with Gasteiger partial charge in [0.2, 0.25) is 5.91 Å². The number of carbonyl (C=O) groups excluding carboxylic acids is 4. The Morgan fingerprint density at radius 3 is 1.94 bits per heavy atom. The lowest BCUT2D eigenvalue weighted by atomic mass is 9.99. The molecule has 3 unspecified atom stereocenters. The summed E-state index contributed by atoms with van der Waals surface area (Å²) in [4.78, 5) is 47.5. The summed E-state index contributed by atoms with van der Waals surface area (Å²) in [5, 5.41) is 12.3. The van der Waals surface area contributed by atoms with Crippen LogP contribution in [0.4, 0.5) is 0 Å². The number of hydrogen-bond donors (Lipinski definition) is 2. The summed E-state index contributed by atoms with van der Waals surface area (Å²) < 4.78 is 15.2. The number of hydrogen-bond acceptors (Lipinski definition) is 8. The van der Waals surface area contributed by atoms with E-state index < -0.39 is 48.0 Å². The molecule has 0 fully saturated rings. The summed E-state index contributed by atoms with van der Waals surface area (Å²) >= 11 is 0. The predicted molar refractivity (Wildman–Crippen MR) is 128 cm³/mol. The summed E-state index contributed by atoms with van der Waals surface area (Å²) in [6.07, 6.45) is 7.34. The van der Waals surface area contributed by atoms with Gasteiger partial charge in [0.1, 0.15) is 12.2 Å². The number of methoxy groups -OCH3 is 1. The van der Waals surface area contributed by atoms with Gasteiger partial charge < -0.3 is 24.6 Å². The zero-order valence-electron chi connectivity index (χ0n) is 21.6. The average Bonchev–Trinajstić information content (AvgIpc) is 2.79. The molecule has 0 aliphatic rings. The summed E-state index contributed by atoms with van der Waals surface area (Å²) in [6.45, 7) is 6.37. The number of rotatable bonds is 19. The standard InChI is InChI=1S/C25H45NO8/c1-6-7-8-9-10-11-12-13-14-15-22(29)33-19(3)24(34-20(4)27)18(2)25(31)26-17-21(28)16-23(30)32-5/h18-19,21,24,28H,6-17H2,1-5H3,(H,26,31)/t18?,19?,21-,24?/m1/s1. The average molecular weight is 488 g/mol. The molecule has 0 radical (unpaired) electrons. The van der Waals surface area contributed by atoms with Gasteiger partial charge in [-0.2, -0.15) is 0 Å². The number of ether oxygens (including phenoxy) is 3. The van der Waals surface area contributed by atoms with Crippen LogP contribution in [0.25, 0.3) is 0 Å². The number of aliphatic hydroxyl groups is 1. The summed E-state index contributed by atoms with van der Waals surface area (Å²) in [5.41, 5.74) is 0. The Labute approximate surface area is 204 Å². The van der Waals surface area contributed by atoms with Gasteiger partial charge in [0.25, 0.3) is 0 Å². The van der Waals surface area contributed by atoms with Crippen molar-refractivity contribution >= 4 is 23.8 Å². The second-order valence-corrected chi connectivity index (χ2v) is 8.82. The van der Waals surface area contributed by atoms with Crippen LogP contribution in [0.5, 0.6) is 0 Å². The van der Waals surface area contributed by atoms with Gasteiger partial charge in [0.05, 0.1) is 25.6 Å². The van der Waals surface area contributed by atoms with Crippen molar-refractivity contribution in [3.05, 3.63) is 0 Å². The zero-order chi connectivity index (χ0) is 25.9. The minimum Gasteiger partial charge on any atom is -0.469 e. The van der Waals surface area contributed by atoms with Crippen molar-refractivity contribution in [2.24, 2.45) is 5.92 Å². The molecule has 0 saturated carbocycles. The maximum absolute atomic E-state index is 12.5. The van der Waals surface area contributed by atoms with Crippen molar-refractivity contribution in [1.82, 2.24) is 5.32 Å². The number of unbranched alkanes of at least 4 members (excludes halogenated alkanes) is 8. The SMILES string of the molecule is CCCCCCCCCCCC(=O)OC(C)C(OC(C)=O)C(C)C(=O)NC[C@H](O)CC(=O)OC. The lowest BCUT2D eigenvalue weighted by molar-refractivity contribution is -0.171. The van der Waals surface area contributed by atoms with Crippen molar-refractivity contribution in [2.75, 3.05) is 13.7 Å². The van der Waals surface area contributed by atoms with Gasteiger partial charge in [-0.05, 0) is 20.3 Å². The van der Waals surface area contributed by atoms with Crippen molar-refractivity contribution in [2.45, 2.75) is 117 Å². The fraction of sp³-hybridized carbons (Fsp3) is 0.840. The smallest absolute Gasteiger partial charge is 0.308 e. The van der Waals surface area contributed by atoms with Gasteiger partial charge in [0.15, 0.2) is 0 Å². The second-order valence-electron chi connectivity index (χ2n) is 8.82. The van der Waals surface area contributed by atoms with E-state index in [1.54, 1.807) is 13.8 Å². The monoisotopic (exact) mass is 487 g/mol. The van der Waals surface area contributed by atoms with Gasteiger partial charge >= 0.3 is 17.9 Å². The van der Waals surface area contributed by atoms with E-state index in [2.05, 4.69) is 17.0 Å². The third kappa shape index (κ3) is 15.6. The lowest BCUT2D eigenvalue weighted by Gasteiger charge is -2.28. The molecule has 9 nitrogen and oxygen atoms in total. The minimum absolute atomic E-state index is 0.169. The fourth-order valence-electron chi connectivity index (χ4n) is 3.59. The fourth-order valence-corrected chi connectivity index (χ4v) is 3.59. The molecule has 0 aromatic heterocycles. The minimum atomic E-state index is -1.11. The highest BCUT2D eigenvalue weighted by molar-refractivity contribution is 5.80. The van der Waals surface area contributed by atoms with Crippen LogP contribution in [-0.4, -0.2) is 60.9 Å². The summed E-state index contributed by atoms with van der Waals surface area (Å²) in [6, 6.07) is 0. The molecular weight excluding hydrogens is 442 g/mol. The number of amides is 1. The first-order chi connectivity index (χ1) is 16.1. The second kappa shape index (κ2) is 19.2. The van der Waals surface area contributed by atoms with E-state index >= 15 is 0 Å². The normalized spacial score (nSPS) is 14.4. The molecular formula is C25H45NO8. The highest BCUT2D eigenvalue weighted by Crippen LogP contribution is 2.17. The van der Waals surface area contributed by atoms with Crippen LogP contribution in [0.2, 0.25) is 0 Å². The molecule has 4 atom stereocenters. The summed E-state index contributed by atoms with van der Waals surface area (Å²) in [5.74, 6) is -2.94. The zero-order valence-corrected chi connectivity index (χ0v) is 21.6. The molecule has 0 aliphatic heterocycles. The Morgan fingerprint density at radius 2 is 1.41 bits per heavy atom. The first-order valence-corrected chi connectivity index (χ1v) is 12.5. The molecule has 0 bridgehead atoms. The molecule has 0 saturated heterocycles. The van der Waals surface area contributed by atoms with Gasteiger partial charge in [-0.1, -0.05) is 58.3 Å². The molecule has 1 amide bonds. The highest BCUT2D eigenvalue weighted by Gasteiger charge is 2.34. The van der Waals surface area contributed by atoms with E-state index in [-0.39, 0.29) is 19.4 Å². The van der Waals surface area contributed by atoms with Crippen LogP contribution in [0.15, 0.2) is 0 Å². The van der Waals surface area contributed by atoms with Crippen LogP contribution in [-0.2, 0) is 33.4 Å². The maximum Gasteiger partial charge on any atom is 0.308 e. The Morgan fingerprint density at radius 1 is 0.853 bits per heavy atom. The highest BCUT2D eigenvalue weighted by atomic mass is 16.6. The number of esters is 3. The molecule has 9 heteroatoms. The Kier molecular flexibility index (Phi) is 18.0. The molecule has 198 valence electrons. The molecule has 34 heavy (non-hydrogen) atoms. The molecule has 0 heterocycles. The van der Waals surface area contributed by atoms with E-state index in [0.29, 0.717) is 0 Å². The van der Waals surface area contributed by atoms with Crippen LogP contribution in [0.3, 0.4) is 0 Å². The quantitative estimate of drug-likeness (QED) is 0.161. The van der Waals surface area contributed by atoms with Crippen molar-refractivity contribution in [3.8, 4) is 0 Å². The first kappa shape index (κ1) is 31.8. The Hall–Kier alpha value is -2.16. The molecule has 0 spiro atoms. The van der Waals surface area contributed by atoms with Gasteiger partial charge in [-0.15, -0.1) is 0 Å². The predicted octanol–water partition coefficient (Wildman–Crippen LogP) is 3.45. The molecule has 0 aliphatic carbocycles. The van der Waals surface area contributed by atoms with Crippen LogP contribution in [0, 0.1) is 5.92 Å². The Bertz CT molecular complexity index is 610.